The number of pyridine rings is 1. The van der Waals surface area contributed by atoms with Crippen LogP contribution in [-0.4, -0.2) is 16.8 Å². The molecule has 0 aliphatic heterocycles. The Bertz CT molecular complexity index is 918. The molecule has 0 aliphatic rings. The molecule has 24 heavy (non-hydrogen) atoms. The van der Waals surface area contributed by atoms with Crippen molar-refractivity contribution in [2.24, 2.45) is 11.5 Å². The van der Waals surface area contributed by atoms with Gasteiger partial charge in [-0.2, -0.15) is 0 Å². The summed E-state index contributed by atoms with van der Waals surface area (Å²) < 4.78 is 0. The summed E-state index contributed by atoms with van der Waals surface area (Å²) in [4.78, 5) is 27.1. The first-order chi connectivity index (χ1) is 11.5. The normalized spacial score (nSPS) is 10.3. The Kier molecular flexibility index (Phi) is 4.07. The second kappa shape index (κ2) is 6.34. The molecule has 1 heterocycles. The van der Waals surface area contributed by atoms with Crippen LogP contribution in [0.5, 0.6) is 0 Å². The van der Waals surface area contributed by atoms with E-state index in [-0.39, 0.29) is 0 Å². The largest absolute Gasteiger partial charge is 0.366 e. The molecule has 3 rings (SSSR count). The quantitative estimate of drug-likeness (QED) is 0.773. The molecule has 0 radical (unpaired) electrons. The van der Waals surface area contributed by atoms with E-state index in [0.29, 0.717) is 11.1 Å². The molecule has 3 aromatic rings. The first-order valence-corrected chi connectivity index (χ1v) is 7.32. The fourth-order valence-corrected chi connectivity index (χ4v) is 2.39. The van der Waals surface area contributed by atoms with Gasteiger partial charge in [0.05, 0.1) is 11.4 Å². The van der Waals surface area contributed by atoms with Crippen LogP contribution in [0.25, 0.3) is 22.5 Å². The summed E-state index contributed by atoms with van der Waals surface area (Å²) in [6.45, 7) is 0. The van der Waals surface area contributed by atoms with Gasteiger partial charge in [0.2, 0.25) is 11.8 Å². The van der Waals surface area contributed by atoms with Crippen LogP contribution in [0.4, 0.5) is 0 Å². The van der Waals surface area contributed by atoms with E-state index < -0.39 is 11.8 Å². The van der Waals surface area contributed by atoms with Gasteiger partial charge < -0.3 is 11.5 Å². The number of benzene rings is 2. The van der Waals surface area contributed by atoms with E-state index in [2.05, 4.69) is 4.98 Å². The second-order valence-corrected chi connectivity index (χ2v) is 5.29. The summed E-state index contributed by atoms with van der Waals surface area (Å²) in [6.07, 6.45) is 0. The molecule has 2 aromatic carbocycles. The number of nitrogens with zero attached hydrogens (tertiary/aromatic N) is 1. The van der Waals surface area contributed by atoms with Crippen LogP contribution in [0.2, 0.25) is 0 Å². The summed E-state index contributed by atoms with van der Waals surface area (Å²) in [7, 11) is 0. The number of primary amides is 2. The van der Waals surface area contributed by atoms with Gasteiger partial charge in [-0.05, 0) is 36.4 Å². The predicted octanol–water partition coefficient (Wildman–Crippen LogP) is 2.61. The lowest BCUT2D eigenvalue weighted by atomic mass is 10.0. The minimum Gasteiger partial charge on any atom is -0.366 e. The Morgan fingerprint density at radius 1 is 0.667 bits per heavy atom. The topological polar surface area (TPSA) is 99.1 Å². The minimum atomic E-state index is -0.477. The average Bonchev–Trinajstić information content (AvgIpc) is 2.62. The third kappa shape index (κ3) is 3.15. The molecule has 0 fully saturated rings. The maximum absolute atomic E-state index is 11.3. The zero-order valence-electron chi connectivity index (χ0n) is 12.8. The zero-order chi connectivity index (χ0) is 17.1. The number of carbonyl (C=O) groups is 2. The molecular formula is C19H15N3O2. The second-order valence-electron chi connectivity index (χ2n) is 5.29. The Morgan fingerprint density at radius 3 is 1.88 bits per heavy atom. The molecule has 5 nitrogen and oxygen atoms in total. The number of rotatable bonds is 4. The van der Waals surface area contributed by atoms with Crippen molar-refractivity contribution in [1.82, 2.24) is 4.98 Å². The third-order valence-electron chi connectivity index (χ3n) is 3.66. The lowest BCUT2D eigenvalue weighted by Crippen LogP contribution is -2.10. The van der Waals surface area contributed by atoms with E-state index in [9.17, 15) is 9.59 Å². The van der Waals surface area contributed by atoms with Crippen LogP contribution in [0, 0.1) is 0 Å². The lowest BCUT2D eigenvalue weighted by Gasteiger charge is -2.06. The van der Waals surface area contributed by atoms with Gasteiger partial charge in [-0.25, -0.2) is 4.98 Å². The van der Waals surface area contributed by atoms with Crippen molar-refractivity contribution in [3.05, 3.63) is 77.9 Å². The summed E-state index contributed by atoms with van der Waals surface area (Å²) in [6, 6.07) is 19.6. The smallest absolute Gasteiger partial charge is 0.248 e. The van der Waals surface area contributed by atoms with E-state index in [4.69, 9.17) is 11.5 Å². The van der Waals surface area contributed by atoms with Crippen LogP contribution in [-0.2, 0) is 0 Å². The van der Waals surface area contributed by atoms with Gasteiger partial charge in [-0.1, -0.05) is 30.3 Å². The highest BCUT2D eigenvalue weighted by Crippen LogP contribution is 2.23. The molecule has 0 spiro atoms. The van der Waals surface area contributed by atoms with E-state index >= 15 is 0 Å². The summed E-state index contributed by atoms with van der Waals surface area (Å²) in [5, 5.41) is 0. The van der Waals surface area contributed by atoms with E-state index in [1.165, 1.54) is 0 Å². The molecule has 0 unspecified atom stereocenters. The van der Waals surface area contributed by atoms with Gasteiger partial charge in [-0.15, -0.1) is 0 Å². The molecule has 118 valence electrons. The van der Waals surface area contributed by atoms with Gasteiger partial charge in [0.25, 0.3) is 0 Å². The molecule has 5 heteroatoms. The highest BCUT2D eigenvalue weighted by Gasteiger charge is 2.07. The monoisotopic (exact) mass is 317 g/mol. The Labute approximate surface area is 138 Å². The van der Waals surface area contributed by atoms with Crippen LogP contribution < -0.4 is 11.5 Å². The first kappa shape index (κ1) is 15.4. The average molecular weight is 317 g/mol. The van der Waals surface area contributed by atoms with Gasteiger partial charge in [0.15, 0.2) is 0 Å². The van der Waals surface area contributed by atoms with Crippen LogP contribution in [0.15, 0.2) is 66.7 Å². The Balaban J connectivity index is 1.98. The van der Waals surface area contributed by atoms with Crippen molar-refractivity contribution >= 4 is 11.8 Å². The van der Waals surface area contributed by atoms with Crippen LogP contribution >= 0.6 is 0 Å². The number of amides is 2. The molecule has 0 atom stereocenters. The maximum atomic E-state index is 11.3. The SMILES string of the molecule is NC(=O)c1ccc(-c2cccc(-c3cccc(C(N)=O)c3)n2)cc1. The molecule has 0 bridgehead atoms. The first-order valence-electron chi connectivity index (χ1n) is 7.32. The summed E-state index contributed by atoms with van der Waals surface area (Å²) >= 11 is 0. The standard InChI is InChI=1S/C19H15N3O2/c20-18(23)13-9-7-12(8-10-13)16-5-2-6-17(22-16)14-3-1-4-15(11-14)19(21)24/h1-11H,(H2,20,23)(H2,21,24). The van der Waals surface area contributed by atoms with Gasteiger partial charge in [-0.3, -0.25) is 9.59 Å². The molecule has 1 aromatic heterocycles. The molecule has 0 saturated carbocycles. The molecule has 0 aliphatic carbocycles. The molecule has 0 saturated heterocycles. The van der Waals surface area contributed by atoms with Gasteiger partial charge in [0, 0.05) is 22.3 Å². The lowest BCUT2D eigenvalue weighted by molar-refractivity contribution is 0.0992. The number of hydrogen-bond acceptors (Lipinski definition) is 3. The number of nitrogens with two attached hydrogens (primary N) is 2. The van der Waals surface area contributed by atoms with Crippen LogP contribution in [0.1, 0.15) is 20.7 Å². The summed E-state index contributed by atoms with van der Waals surface area (Å²) in [5.41, 5.74) is 14.6. The van der Waals surface area contributed by atoms with Crippen molar-refractivity contribution < 1.29 is 9.59 Å². The van der Waals surface area contributed by atoms with Crippen molar-refractivity contribution in [1.29, 1.82) is 0 Å². The van der Waals surface area contributed by atoms with Gasteiger partial charge in [0.1, 0.15) is 0 Å². The number of aromatic nitrogens is 1. The Morgan fingerprint density at radius 2 is 1.25 bits per heavy atom. The van der Waals surface area contributed by atoms with E-state index in [1.807, 2.05) is 24.3 Å². The third-order valence-corrected chi connectivity index (χ3v) is 3.66. The fraction of sp³-hybridized carbons (Fsp3) is 0. The fourth-order valence-electron chi connectivity index (χ4n) is 2.39. The van der Waals surface area contributed by atoms with Crippen molar-refractivity contribution in [2.45, 2.75) is 0 Å². The van der Waals surface area contributed by atoms with E-state index in [0.717, 1.165) is 22.5 Å². The summed E-state index contributed by atoms with van der Waals surface area (Å²) in [5.74, 6) is -0.943. The Hall–Kier alpha value is -3.47. The van der Waals surface area contributed by atoms with Crippen molar-refractivity contribution in [2.75, 3.05) is 0 Å². The molecule has 4 N–H and O–H groups in total. The predicted molar refractivity (Wildman–Crippen MR) is 92.1 cm³/mol. The zero-order valence-corrected chi connectivity index (χ0v) is 12.8. The number of hydrogen-bond donors (Lipinski definition) is 2. The number of carbonyl (C=O) groups excluding carboxylic acids is 2. The molecule has 2 amide bonds. The van der Waals surface area contributed by atoms with Gasteiger partial charge >= 0.3 is 0 Å². The van der Waals surface area contributed by atoms with Crippen molar-refractivity contribution in [3.63, 3.8) is 0 Å². The van der Waals surface area contributed by atoms with Crippen molar-refractivity contribution in [3.8, 4) is 22.5 Å². The van der Waals surface area contributed by atoms with Crippen LogP contribution in [0.3, 0.4) is 0 Å². The highest BCUT2D eigenvalue weighted by atomic mass is 16.1. The minimum absolute atomic E-state index is 0.436. The molecular weight excluding hydrogens is 302 g/mol. The maximum Gasteiger partial charge on any atom is 0.248 e. The van der Waals surface area contributed by atoms with E-state index in [1.54, 1.807) is 42.5 Å². The highest BCUT2D eigenvalue weighted by molar-refractivity contribution is 5.94.